The first kappa shape index (κ1) is 13.7. The van der Waals surface area contributed by atoms with E-state index in [9.17, 15) is 9.90 Å². The third-order valence-corrected chi connectivity index (χ3v) is 2.24. The molecule has 1 aromatic carbocycles. The summed E-state index contributed by atoms with van der Waals surface area (Å²) in [6.07, 6.45) is -0.546. The molecular weight excluding hydrogens is 238 g/mol. The van der Waals surface area contributed by atoms with Gasteiger partial charge in [-0.3, -0.25) is 5.32 Å². The van der Waals surface area contributed by atoms with E-state index in [1.807, 2.05) is 0 Å². The number of nitrogens with one attached hydrogen (secondary N) is 1. The van der Waals surface area contributed by atoms with E-state index in [1.165, 1.54) is 6.07 Å². The Morgan fingerprint density at radius 3 is 2.59 bits per heavy atom. The number of hydrogen-bond acceptors (Lipinski definition) is 4. The van der Waals surface area contributed by atoms with Crippen LogP contribution in [0.2, 0.25) is 0 Å². The number of benzene rings is 1. The summed E-state index contributed by atoms with van der Waals surface area (Å²) < 4.78 is 5.09. The lowest BCUT2D eigenvalue weighted by Gasteiger charge is -2.19. The van der Waals surface area contributed by atoms with Gasteiger partial charge in [0.15, 0.2) is 0 Å². The molecule has 1 amide bonds. The van der Waals surface area contributed by atoms with Crippen molar-refractivity contribution in [3.8, 4) is 5.75 Å². The van der Waals surface area contributed by atoms with Crippen LogP contribution in [0.15, 0.2) is 18.2 Å². The Hall–Kier alpha value is -1.36. The fraction of sp³-hybridized carbons (Fsp3) is 0.417. The van der Waals surface area contributed by atoms with Crippen LogP contribution in [0.1, 0.15) is 26.3 Å². The maximum atomic E-state index is 11.5. The SMILES string of the molecule is CC(C)(C)OC(=O)Nc1ccc(CS)c(O)c1. The van der Waals surface area contributed by atoms with Crippen molar-refractivity contribution in [3.05, 3.63) is 23.8 Å². The fourth-order valence-corrected chi connectivity index (χ4v) is 1.46. The van der Waals surface area contributed by atoms with Crippen LogP contribution < -0.4 is 5.32 Å². The van der Waals surface area contributed by atoms with Crippen molar-refractivity contribution in [1.82, 2.24) is 0 Å². The molecule has 0 aliphatic carbocycles. The number of aromatic hydroxyl groups is 1. The highest BCUT2D eigenvalue weighted by molar-refractivity contribution is 7.79. The third-order valence-electron chi connectivity index (χ3n) is 1.90. The van der Waals surface area contributed by atoms with Gasteiger partial charge in [-0.25, -0.2) is 4.79 Å². The summed E-state index contributed by atoms with van der Waals surface area (Å²) in [7, 11) is 0. The van der Waals surface area contributed by atoms with Crippen LogP contribution in [0.5, 0.6) is 5.75 Å². The van der Waals surface area contributed by atoms with Gasteiger partial charge in [0.05, 0.1) is 0 Å². The van der Waals surface area contributed by atoms with Crippen LogP contribution in [-0.4, -0.2) is 16.8 Å². The third kappa shape index (κ3) is 4.56. The molecular formula is C12H17NO3S. The van der Waals surface area contributed by atoms with E-state index in [0.29, 0.717) is 17.0 Å². The van der Waals surface area contributed by atoms with Gasteiger partial charge < -0.3 is 9.84 Å². The minimum atomic E-state index is -0.546. The number of rotatable bonds is 2. The second-order valence-corrected chi connectivity index (χ2v) is 4.94. The second kappa shape index (κ2) is 5.31. The van der Waals surface area contributed by atoms with Gasteiger partial charge in [-0.05, 0) is 26.8 Å². The quantitative estimate of drug-likeness (QED) is 0.711. The largest absolute Gasteiger partial charge is 0.508 e. The average molecular weight is 255 g/mol. The summed E-state index contributed by atoms with van der Waals surface area (Å²) in [6.45, 7) is 5.36. The van der Waals surface area contributed by atoms with E-state index >= 15 is 0 Å². The number of carbonyl (C=O) groups is 1. The second-order valence-electron chi connectivity index (χ2n) is 4.63. The lowest BCUT2D eigenvalue weighted by Crippen LogP contribution is -2.27. The molecule has 0 radical (unpaired) electrons. The molecule has 0 saturated carbocycles. The van der Waals surface area contributed by atoms with Crippen LogP contribution in [-0.2, 0) is 10.5 Å². The minimum Gasteiger partial charge on any atom is -0.508 e. The normalized spacial score (nSPS) is 11.1. The summed E-state index contributed by atoms with van der Waals surface area (Å²) in [5.41, 5.74) is 0.655. The van der Waals surface area contributed by atoms with Gasteiger partial charge in [0, 0.05) is 23.1 Å². The molecule has 0 heterocycles. The van der Waals surface area contributed by atoms with Crippen LogP contribution in [0.4, 0.5) is 10.5 Å². The van der Waals surface area contributed by atoms with Gasteiger partial charge in [0.25, 0.3) is 0 Å². The highest BCUT2D eigenvalue weighted by Gasteiger charge is 2.16. The molecule has 0 saturated heterocycles. The molecule has 94 valence electrons. The van der Waals surface area contributed by atoms with Gasteiger partial charge in [0.2, 0.25) is 0 Å². The predicted octanol–water partition coefficient (Wildman–Crippen LogP) is 3.17. The first-order chi connectivity index (χ1) is 7.81. The zero-order valence-corrected chi connectivity index (χ0v) is 11.0. The monoisotopic (exact) mass is 255 g/mol. The highest BCUT2D eigenvalue weighted by Crippen LogP contribution is 2.23. The van der Waals surface area contributed by atoms with E-state index in [2.05, 4.69) is 17.9 Å². The summed E-state index contributed by atoms with van der Waals surface area (Å²) in [5, 5.41) is 12.1. The van der Waals surface area contributed by atoms with Gasteiger partial charge in [-0.2, -0.15) is 12.6 Å². The van der Waals surface area contributed by atoms with Crippen molar-refractivity contribution >= 4 is 24.4 Å². The van der Waals surface area contributed by atoms with Gasteiger partial charge in [0.1, 0.15) is 11.4 Å². The van der Waals surface area contributed by atoms with Crippen molar-refractivity contribution < 1.29 is 14.6 Å². The van der Waals surface area contributed by atoms with Gasteiger partial charge in [-0.15, -0.1) is 0 Å². The Bertz CT molecular complexity index is 413. The Kier molecular flexibility index (Phi) is 4.28. The number of phenols is 1. The molecule has 17 heavy (non-hydrogen) atoms. The molecule has 0 aliphatic heterocycles. The molecule has 0 fully saturated rings. The molecule has 0 atom stereocenters. The van der Waals surface area contributed by atoms with Crippen molar-refractivity contribution in [2.45, 2.75) is 32.1 Å². The van der Waals surface area contributed by atoms with E-state index in [-0.39, 0.29) is 5.75 Å². The highest BCUT2D eigenvalue weighted by atomic mass is 32.1. The van der Waals surface area contributed by atoms with Gasteiger partial charge >= 0.3 is 6.09 Å². The molecule has 2 N–H and O–H groups in total. The van der Waals surface area contributed by atoms with Crippen LogP contribution in [0.3, 0.4) is 0 Å². The van der Waals surface area contributed by atoms with E-state index in [0.717, 1.165) is 0 Å². The number of hydrogen-bond donors (Lipinski definition) is 3. The van der Waals surface area contributed by atoms with Crippen molar-refractivity contribution in [1.29, 1.82) is 0 Å². The molecule has 5 heteroatoms. The summed E-state index contributed by atoms with van der Waals surface area (Å²) in [6, 6.07) is 4.86. The Balaban J connectivity index is 2.69. The van der Waals surface area contributed by atoms with Crippen molar-refractivity contribution in [2.75, 3.05) is 5.32 Å². The smallest absolute Gasteiger partial charge is 0.412 e. The number of thiol groups is 1. The van der Waals surface area contributed by atoms with E-state index in [1.54, 1.807) is 32.9 Å². The molecule has 0 aliphatic rings. The molecule has 0 unspecified atom stereocenters. The van der Waals surface area contributed by atoms with Crippen LogP contribution in [0.25, 0.3) is 0 Å². The number of ether oxygens (including phenoxy) is 1. The first-order valence-corrected chi connectivity index (χ1v) is 5.88. The Morgan fingerprint density at radius 2 is 2.12 bits per heavy atom. The maximum absolute atomic E-state index is 11.5. The summed E-state index contributed by atoms with van der Waals surface area (Å²) >= 11 is 4.07. The zero-order valence-electron chi connectivity index (χ0n) is 10.2. The van der Waals surface area contributed by atoms with Gasteiger partial charge in [-0.1, -0.05) is 6.07 Å². The standard InChI is InChI=1S/C12H17NO3S/c1-12(2,3)16-11(15)13-9-5-4-8(7-17)10(14)6-9/h4-6,14,17H,7H2,1-3H3,(H,13,15). The Labute approximate surface area is 106 Å². The molecule has 1 rings (SSSR count). The zero-order chi connectivity index (χ0) is 13.1. The average Bonchev–Trinajstić information content (AvgIpc) is 2.14. The van der Waals surface area contributed by atoms with Crippen LogP contribution in [0, 0.1) is 0 Å². The summed E-state index contributed by atoms with van der Waals surface area (Å²) in [5.74, 6) is 0.548. The number of anilines is 1. The van der Waals surface area contributed by atoms with Crippen molar-refractivity contribution in [2.24, 2.45) is 0 Å². The maximum Gasteiger partial charge on any atom is 0.412 e. The topological polar surface area (TPSA) is 58.6 Å². The minimum absolute atomic E-state index is 0.105. The van der Waals surface area contributed by atoms with E-state index < -0.39 is 11.7 Å². The summed E-state index contributed by atoms with van der Waals surface area (Å²) in [4.78, 5) is 11.5. The van der Waals surface area contributed by atoms with Crippen molar-refractivity contribution in [3.63, 3.8) is 0 Å². The number of phenolic OH excluding ortho intramolecular Hbond substituents is 1. The van der Waals surface area contributed by atoms with Crippen LogP contribution >= 0.6 is 12.6 Å². The predicted molar refractivity (Wildman–Crippen MR) is 70.7 cm³/mol. The fourth-order valence-electron chi connectivity index (χ4n) is 1.20. The molecule has 0 bridgehead atoms. The number of amides is 1. The molecule has 1 aromatic rings. The molecule has 0 aromatic heterocycles. The Morgan fingerprint density at radius 1 is 1.47 bits per heavy atom. The van der Waals surface area contributed by atoms with E-state index in [4.69, 9.17) is 4.74 Å². The number of carbonyl (C=O) groups excluding carboxylic acids is 1. The molecule has 4 nitrogen and oxygen atoms in total. The molecule has 0 spiro atoms. The lowest BCUT2D eigenvalue weighted by molar-refractivity contribution is 0.0636. The first-order valence-electron chi connectivity index (χ1n) is 5.24. The lowest BCUT2D eigenvalue weighted by atomic mass is 10.2.